The Labute approximate surface area is 166 Å². The van der Waals surface area contributed by atoms with Gasteiger partial charge in [-0.25, -0.2) is 0 Å². The molecule has 1 aliphatic heterocycles. The Morgan fingerprint density at radius 3 is 2.56 bits per heavy atom. The van der Waals surface area contributed by atoms with Gasteiger partial charge in [0.1, 0.15) is 5.75 Å². The molecule has 3 rings (SSSR count). The van der Waals surface area contributed by atoms with Gasteiger partial charge in [-0.3, -0.25) is 9.69 Å². The number of carbonyl (C=O) groups excluding carboxylic acids is 1. The van der Waals surface area contributed by atoms with E-state index in [2.05, 4.69) is 34.5 Å². The van der Waals surface area contributed by atoms with E-state index in [0.29, 0.717) is 23.7 Å². The van der Waals surface area contributed by atoms with Crippen molar-refractivity contribution < 1.29 is 9.53 Å². The minimum atomic E-state index is -0.515. The fourth-order valence-electron chi connectivity index (χ4n) is 3.34. The Hall–Kier alpha value is -2.04. The minimum absolute atomic E-state index is 0.0996. The van der Waals surface area contributed by atoms with E-state index in [-0.39, 0.29) is 5.91 Å². The number of nitrogens with zero attached hydrogens (tertiary/aromatic N) is 1. The Morgan fingerprint density at radius 2 is 1.85 bits per heavy atom. The molecule has 2 aromatic carbocycles. The van der Waals surface area contributed by atoms with Gasteiger partial charge in [-0.2, -0.15) is 0 Å². The lowest BCUT2D eigenvalue weighted by Gasteiger charge is -2.18. The smallest absolute Gasteiger partial charge is 0.261 e. The molecule has 1 N–H and O–H groups in total. The zero-order valence-corrected chi connectivity index (χ0v) is 16.5. The third kappa shape index (κ3) is 5.98. The quantitative estimate of drug-likeness (QED) is 0.730. The number of amides is 1. The molecule has 5 heteroatoms. The molecule has 1 atom stereocenters. The van der Waals surface area contributed by atoms with Gasteiger partial charge in [-0.15, -0.1) is 0 Å². The molecule has 0 saturated carbocycles. The van der Waals surface area contributed by atoms with Crippen LogP contribution in [-0.2, 0) is 17.9 Å². The van der Waals surface area contributed by atoms with Crippen LogP contribution >= 0.6 is 11.6 Å². The summed E-state index contributed by atoms with van der Waals surface area (Å²) in [6.07, 6.45) is 2.67. The van der Waals surface area contributed by atoms with Crippen molar-refractivity contribution in [2.75, 3.05) is 13.1 Å². The number of benzene rings is 2. The number of rotatable bonds is 8. The lowest BCUT2D eigenvalue weighted by Crippen LogP contribution is -2.37. The summed E-state index contributed by atoms with van der Waals surface area (Å²) in [7, 11) is 0. The van der Waals surface area contributed by atoms with Crippen LogP contribution < -0.4 is 10.1 Å². The average molecular weight is 387 g/mol. The van der Waals surface area contributed by atoms with Gasteiger partial charge in [0.25, 0.3) is 5.91 Å². The monoisotopic (exact) mass is 386 g/mol. The molecule has 1 aliphatic rings. The summed E-state index contributed by atoms with van der Waals surface area (Å²) in [5.74, 6) is 0.548. The summed E-state index contributed by atoms with van der Waals surface area (Å²) in [4.78, 5) is 15.0. The fourth-order valence-corrected chi connectivity index (χ4v) is 3.47. The highest BCUT2D eigenvalue weighted by molar-refractivity contribution is 6.30. The summed E-state index contributed by atoms with van der Waals surface area (Å²) < 4.78 is 5.80. The van der Waals surface area contributed by atoms with Crippen LogP contribution in [0.3, 0.4) is 0 Å². The fraction of sp³-hybridized carbons (Fsp3) is 0.409. The Balaban J connectivity index is 1.53. The van der Waals surface area contributed by atoms with Gasteiger partial charge in [0.15, 0.2) is 6.10 Å². The first-order valence-electron chi connectivity index (χ1n) is 9.64. The van der Waals surface area contributed by atoms with Crippen molar-refractivity contribution in [3.05, 3.63) is 64.7 Å². The van der Waals surface area contributed by atoms with Gasteiger partial charge in [0.2, 0.25) is 0 Å². The molecule has 27 heavy (non-hydrogen) atoms. The maximum Gasteiger partial charge on any atom is 0.261 e. The Kier molecular flexibility index (Phi) is 7.13. The molecule has 144 valence electrons. The molecule has 0 aromatic heterocycles. The maximum atomic E-state index is 12.5. The van der Waals surface area contributed by atoms with Crippen LogP contribution in [0.25, 0.3) is 0 Å². The molecule has 0 aliphatic carbocycles. The lowest BCUT2D eigenvalue weighted by atomic mass is 10.1. The number of likely N-dealkylation sites (tertiary alicyclic amines) is 1. The molecular formula is C22H27ClN2O2. The van der Waals surface area contributed by atoms with E-state index in [1.54, 1.807) is 24.3 Å². The normalized spacial score (nSPS) is 15.5. The molecule has 0 spiro atoms. The molecule has 1 saturated heterocycles. The van der Waals surface area contributed by atoms with Crippen molar-refractivity contribution in [2.24, 2.45) is 0 Å². The molecule has 1 amide bonds. The second-order valence-corrected chi connectivity index (χ2v) is 7.43. The molecular weight excluding hydrogens is 360 g/mol. The average Bonchev–Trinajstić information content (AvgIpc) is 3.19. The highest BCUT2D eigenvalue weighted by Crippen LogP contribution is 2.18. The third-order valence-electron chi connectivity index (χ3n) is 4.82. The van der Waals surface area contributed by atoms with E-state index in [4.69, 9.17) is 16.3 Å². The van der Waals surface area contributed by atoms with E-state index in [1.807, 2.05) is 6.92 Å². The van der Waals surface area contributed by atoms with Gasteiger partial charge < -0.3 is 10.1 Å². The number of carbonyl (C=O) groups is 1. The van der Waals surface area contributed by atoms with Crippen LogP contribution in [-0.4, -0.2) is 30.0 Å². The first-order chi connectivity index (χ1) is 13.1. The van der Waals surface area contributed by atoms with E-state index < -0.39 is 6.10 Å². The second kappa shape index (κ2) is 9.77. The van der Waals surface area contributed by atoms with Crippen molar-refractivity contribution in [1.82, 2.24) is 10.2 Å². The molecule has 2 aromatic rings. The highest BCUT2D eigenvalue weighted by atomic mass is 35.5. The number of nitrogens with one attached hydrogen (secondary N) is 1. The summed E-state index contributed by atoms with van der Waals surface area (Å²) in [6.45, 7) is 5.80. The minimum Gasteiger partial charge on any atom is -0.481 e. The maximum absolute atomic E-state index is 12.5. The van der Waals surface area contributed by atoms with Crippen LogP contribution in [0.5, 0.6) is 5.75 Å². The summed E-state index contributed by atoms with van der Waals surface area (Å²) in [5, 5.41) is 3.65. The number of ether oxygens (including phenoxy) is 1. The first kappa shape index (κ1) is 19.7. The molecule has 0 bridgehead atoms. The van der Waals surface area contributed by atoms with Crippen molar-refractivity contribution in [3.63, 3.8) is 0 Å². The standard InChI is InChI=1S/C22H27ClN2O2/c1-2-21(27-20-10-8-19(23)9-11-20)22(26)24-15-17-6-5-7-18(14-17)16-25-12-3-4-13-25/h5-11,14,21H,2-4,12-13,15-16H2,1H3,(H,24,26)/t21-/m0/s1. The summed E-state index contributed by atoms with van der Waals surface area (Å²) in [5.41, 5.74) is 2.41. The first-order valence-corrected chi connectivity index (χ1v) is 10.0. The number of hydrogen-bond acceptors (Lipinski definition) is 3. The van der Waals surface area contributed by atoms with Crippen LogP contribution in [0.2, 0.25) is 5.02 Å². The zero-order chi connectivity index (χ0) is 19.1. The van der Waals surface area contributed by atoms with Crippen molar-refractivity contribution in [2.45, 2.75) is 45.4 Å². The van der Waals surface area contributed by atoms with Gasteiger partial charge in [-0.1, -0.05) is 42.8 Å². The van der Waals surface area contributed by atoms with E-state index >= 15 is 0 Å². The topological polar surface area (TPSA) is 41.6 Å². The van der Waals surface area contributed by atoms with Crippen LogP contribution in [0.4, 0.5) is 0 Å². The molecule has 1 fully saturated rings. The summed E-state index contributed by atoms with van der Waals surface area (Å²) >= 11 is 5.89. The van der Waals surface area contributed by atoms with E-state index in [1.165, 1.54) is 31.5 Å². The Bertz CT molecular complexity index is 742. The van der Waals surface area contributed by atoms with Crippen LogP contribution in [0, 0.1) is 0 Å². The molecule has 1 heterocycles. The van der Waals surface area contributed by atoms with Crippen LogP contribution in [0.1, 0.15) is 37.3 Å². The van der Waals surface area contributed by atoms with Crippen molar-refractivity contribution >= 4 is 17.5 Å². The van der Waals surface area contributed by atoms with Crippen molar-refractivity contribution in [3.8, 4) is 5.75 Å². The predicted octanol–water partition coefficient (Wildman–Crippen LogP) is 4.41. The Morgan fingerprint density at radius 1 is 1.15 bits per heavy atom. The number of halogens is 1. The largest absolute Gasteiger partial charge is 0.481 e. The van der Waals surface area contributed by atoms with Gasteiger partial charge in [-0.05, 0) is 67.7 Å². The second-order valence-electron chi connectivity index (χ2n) is 6.99. The van der Waals surface area contributed by atoms with E-state index in [9.17, 15) is 4.79 Å². The zero-order valence-electron chi connectivity index (χ0n) is 15.8. The summed E-state index contributed by atoms with van der Waals surface area (Å²) in [6, 6.07) is 15.5. The van der Waals surface area contributed by atoms with Gasteiger partial charge in [0, 0.05) is 18.1 Å². The molecule has 4 nitrogen and oxygen atoms in total. The van der Waals surface area contributed by atoms with E-state index in [0.717, 1.165) is 12.1 Å². The van der Waals surface area contributed by atoms with Crippen LogP contribution in [0.15, 0.2) is 48.5 Å². The van der Waals surface area contributed by atoms with Crippen molar-refractivity contribution in [1.29, 1.82) is 0 Å². The number of hydrogen-bond donors (Lipinski definition) is 1. The highest BCUT2D eigenvalue weighted by Gasteiger charge is 2.18. The lowest BCUT2D eigenvalue weighted by molar-refractivity contribution is -0.128. The molecule has 0 radical (unpaired) electrons. The third-order valence-corrected chi connectivity index (χ3v) is 5.07. The van der Waals surface area contributed by atoms with Gasteiger partial charge >= 0.3 is 0 Å². The SMILES string of the molecule is CC[C@H](Oc1ccc(Cl)cc1)C(=O)NCc1cccc(CN2CCCC2)c1. The predicted molar refractivity (Wildman–Crippen MR) is 109 cm³/mol. The molecule has 0 unspecified atom stereocenters. The van der Waals surface area contributed by atoms with Gasteiger partial charge in [0.05, 0.1) is 0 Å².